The highest BCUT2D eigenvalue weighted by Crippen LogP contribution is 2.31. The molecule has 3 rings (SSSR count). The van der Waals surface area contributed by atoms with Gasteiger partial charge in [-0.15, -0.1) is 0 Å². The van der Waals surface area contributed by atoms with Crippen LogP contribution in [0.4, 0.5) is 0 Å². The molecule has 0 amide bonds. The van der Waals surface area contributed by atoms with Gasteiger partial charge in [0.25, 0.3) is 0 Å². The summed E-state index contributed by atoms with van der Waals surface area (Å²) in [4.78, 5) is 8.26. The molecule has 0 fully saturated rings. The molecule has 0 aliphatic heterocycles. The third kappa shape index (κ3) is 3.31. The van der Waals surface area contributed by atoms with Crippen LogP contribution in [0.25, 0.3) is 11.0 Å². The fourth-order valence-electron chi connectivity index (χ4n) is 1.84. The predicted molar refractivity (Wildman–Crippen MR) is 88.0 cm³/mol. The summed E-state index contributed by atoms with van der Waals surface area (Å²) in [7, 11) is 2.50. The Morgan fingerprint density at radius 1 is 1.19 bits per heavy atom. The molecule has 110 valence electrons. The third-order valence-electron chi connectivity index (χ3n) is 2.66. The first-order valence-corrected chi connectivity index (χ1v) is 7.43. The van der Waals surface area contributed by atoms with Gasteiger partial charge in [0, 0.05) is 6.20 Å². The van der Waals surface area contributed by atoms with Crippen LogP contribution in [0.1, 0.15) is 19.5 Å². The molecule has 0 aromatic carbocycles. The van der Waals surface area contributed by atoms with Crippen LogP contribution in [-0.2, 0) is 0 Å². The van der Waals surface area contributed by atoms with Crippen molar-refractivity contribution in [3.63, 3.8) is 0 Å². The Morgan fingerprint density at radius 2 is 1.95 bits per heavy atom. The van der Waals surface area contributed by atoms with Crippen LogP contribution in [-0.4, -0.2) is 19.5 Å². The molecule has 7 heteroatoms. The highest BCUT2D eigenvalue weighted by molar-refractivity contribution is 7.14. The van der Waals surface area contributed by atoms with E-state index < -0.39 is 0 Å². The maximum absolute atomic E-state index is 5.82. The number of fused-ring (bicyclic) bond motifs is 1. The fraction of sp³-hybridized carbons (Fsp3) is 0.214. The first-order chi connectivity index (χ1) is 10.1. The summed E-state index contributed by atoms with van der Waals surface area (Å²) in [6.45, 7) is 5.91. The summed E-state index contributed by atoms with van der Waals surface area (Å²) < 4.78 is 7.47. The van der Waals surface area contributed by atoms with Gasteiger partial charge in [0.05, 0.1) is 17.3 Å². The van der Waals surface area contributed by atoms with E-state index in [1.165, 1.54) is 0 Å². The van der Waals surface area contributed by atoms with Crippen LogP contribution in [0.15, 0.2) is 30.6 Å². The Balaban J connectivity index is 0.000000774. The van der Waals surface area contributed by atoms with E-state index in [1.54, 1.807) is 35.0 Å². The van der Waals surface area contributed by atoms with E-state index in [2.05, 4.69) is 24.5 Å². The van der Waals surface area contributed by atoms with Crippen molar-refractivity contribution < 1.29 is 4.74 Å². The maximum atomic E-state index is 5.82. The molecule has 3 heterocycles. The largest absolute Gasteiger partial charge is 0.455 e. The number of aryl methyl sites for hydroxylation is 1. The molecule has 0 saturated carbocycles. The number of hydrogen-bond donors (Lipinski definition) is 0. The van der Waals surface area contributed by atoms with Crippen molar-refractivity contribution in [2.45, 2.75) is 20.8 Å². The lowest BCUT2D eigenvalue weighted by Gasteiger charge is -2.06. The van der Waals surface area contributed by atoms with Crippen LogP contribution >= 0.6 is 21.0 Å². The van der Waals surface area contributed by atoms with Crippen LogP contribution in [0.5, 0.6) is 11.5 Å². The number of nitrogens with zero attached hydrogens (tertiary/aromatic N) is 4. The van der Waals surface area contributed by atoms with Gasteiger partial charge in [0.1, 0.15) is 16.7 Å². The van der Waals surface area contributed by atoms with Crippen molar-refractivity contribution in [2.24, 2.45) is 0 Å². The molecule has 1 atom stereocenters. The first kappa shape index (κ1) is 15.7. The molecule has 0 spiro atoms. The highest BCUT2D eigenvalue weighted by atomic mass is 35.5. The van der Waals surface area contributed by atoms with Crippen molar-refractivity contribution in [1.82, 2.24) is 19.5 Å². The van der Waals surface area contributed by atoms with E-state index in [0.29, 0.717) is 16.7 Å². The average Bonchev–Trinajstić information content (AvgIpc) is 2.80. The van der Waals surface area contributed by atoms with E-state index >= 15 is 0 Å². The van der Waals surface area contributed by atoms with Gasteiger partial charge in [-0.05, 0) is 34.5 Å². The third-order valence-corrected chi connectivity index (χ3v) is 3.24. The van der Waals surface area contributed by atoms with Crippen LogP contribution < -0.4 is 4.74 Å². The monoisotopic (exact) mass is 322 g/mol. The van der Waals surface area contributed by atoms with Crippen LogP contribution in [0.3, 0.4) is 0 Å². The van der Waals surface area contributed by atoms with Crippen molar-refractivity contribution in [3.05, 3.63) is 41.4 Å². The molecule has 0 aliphatic carbocycles. The molecule has 1 unspecified atom stereocenters. The predicted octanol–water partition coefficient (Wildman–Crippen LogP) is 4.24. The van der Waals surface area contributed by atoms with E-state index in [-0.39, 0.29) is 0 Å². The van der Waals surface area contributed by atoms with Crippen LogP contribution in [0.2, 0.25) is 5.15 Å². The normalized spacial score (nSPS) is 10.1. The van der Waals surface area contributed by atoms with Gasteiger partial charge < -0.3 is 4.74 Å². The molecule has 3 aromatic heterocycles. The fourth-order valence-corrected chi connectivity index (χ4v) is 2.32. The molecular formula is C14H16ClN4OP. The Labute approximate surface area is 130 Å². The molecule has 21 heavy (non-hydrogen) atoms. The number of aromatic nitrogens is 4. The van der Waals surface area contributed by atoms with E-state index in [9.17, 15) is 0 Å². The summed E-state index contributed by atoms with van der Waals surface area (Å²) in [5, 5.41) is 5.62. The zero-order valence-electron chi connectivity index (χ0n) is 12.0. The smallest absolute Gasteiger partial charge is 0.164 e. The summed E-state index contributed by atoms with van der Waals surface area (Å²) in [5.74, 6) is 1.31. The lowest BCUT2D eigenvalue weighted by Crippen LogP contribution is -1.89. The molecule has 5 nitrogen and oxygen atoms in total. The minimum absolute atomic E-state index is 0.432. The zero-order chi connectivity index (χ0) is 15.4. The van der Waals surface area contributed by atoms with Gasteiger partial charge in [0.2, 0.25) is 0 Å². The average molecular weight is 323 g/mol. The Bertz CT molecular complexity index is 743. The maximum Gasteiger partial charge on any atom is 0.164 e. The lowest BCUT2D eigenvalue weighted by molar-refractivity contribution is 0.485. The minimum atomic E-state index is 0.432. The second kappa shape index (κ2) is 6.83. The molecular weight excluding hydrogens is 307 g/mol. The van der Waals surface area contributed by atoms with Gasteiger partial charge in [-0.2, -0.15) is 5.10 Å². The molecule has 0 radical (unpaired) electrons. The summed E-state index contributed by atoms with van der Waals surface area (Å²) in [6.07, 6.45) is 3.26. The molecule has 0 N–H and O–H groups in total. The quantitative estimate of drug-likeness (QED) is 0.523. The second-order valence-corrected chi connectivity index (χ2v) is 4.83. The van der Waals surface area contributed by atoms with Crippen molar-refractivity contribution >= 4 is 32.0 Å². The van der Waals surface area contributed by atoms with Crippen LogP contribution in [0, 0.1) is 6.92 Å². The van der Waals surface area contributed by atoms with E-state index in [1.807, 2.05) is 20.8 Å². The Hall–Kier alpha value is -1.71. The second-order valence-electron chi connectivity index (χ2n) is 3.96. The molecule has 3 aromatic rings. The summed E-state index contributed by atoms with van der Waals surface area (Å²) >= 11 is 5.75. The van der Waals surface area contributed by atoms with E-state index in [4.69, 9.17) is 16.3 Å². The summed E-state index contributed by atoms with van der Waals surface area (Å²) in [6, 6.07) is 5.25. The Kier molecular flexibility index (Phi) is 5.10. The van der Waals surface area contributed by atoms with Crippen molar-refractivity contribution in [2.75, 3.05) is 0 Å². The Morgan fingerprint density at radius 3 is 2.62 bits per heavy atom. The van der Waals surface area contributed by atoms with Crippen molar-refractivity contribution in [1.29, 1.82) is 0 Å². The number of halogens is 1. The zero-order valence-corrected chi connectivity index (χ0v) is 13.9. The van der Waals surface area contributed by atoms with Gasteiger partial charge in [-0.25, -0.2) is 14.4 Å². The van der Waals surface area contributed by atoms with Gasteiger partial charge in [0.15, 0.2) is 5.65 Å². The highest BCUT2D eigenvalue weighted by Gasteiger charge is 2.12. The van der Waals surface area contributed by atoms with Gasteiger partial charge in [-0.3, -0.25) is 0 Å². The molecule has 0 aliphatic rings. The first-order valence-electron chi connectivity index (χ1n) is 6.54. The summed E-state index contributed by atoms with van der Waals surface area (Å²) in [5.41, 5.74) is 1.61. The minimum Gasteiger partial charge on any atom is -0.455 e. The topological polar surface area (TPSA) is 52.8 Å². The standard InChI is InChI=1S/C12H10ClN4OP.C2H6/c1-7-11-9(4-5-14-12(11)17(19)16-7)18-8-2-3-10(13)15-6-8;1-2/h2-6H,19H2,1H3;1-2H3. The van der Waals surface area contributed by atoms with Gasteiger partial charge in [-0.1, -0.05) is 25.4 Å². The van der Waals surface area contributed by atoms with Crippen molar-refractivity contribution in [3.8, 4) is 11.5 Å². The number of pyridine rings is 2. The molecule has 0 saturated heterocycles. The number of rotatable bonds is 2. The lowest BCUT2D eigenvalue weighted by atomic mass is 10.2. The number of ether oxygens (including phenoxy) is 1. The number of hydrogen-bond acceptors (Lipinski definition) is 4. The van der Waals surface area contributed by atoms with Gasteiger partial charge >= 0.3 is 0 Å². The SMILES string of the molecule is CC.Cc1nn(P)c2nccc(Oc3ccc(Cl)nc3)c12. The molecule has 0 bridgehead atoms. The van der Waals surface area contributed by atoms with E-state index in [0.717, 1.165) is 16.7 Å².